The summed E-state index contributed by atoms with van der Waals surface area (Å²) in [6.07, 6.45) is 1.76. The lowest BCUT2D eigenvalue weighted by molar-refractivity contribution is -0.136. The minimum absolute atomic E-state index is 0.0835. The number of nitrogens with one attached hydrogen (secondary N) is 2. The molecule has 1 unspecified atom stereocenters. The molecule has 0 saturated heterocycles. The van der Waals surface area contributed by atoms with Gasteiger partial charge in [0.2, 0.25) is 0 Å². The molecule has 0 bridgehead atoms. The molecule has 124 valence electrons. The number of rotatable bonds is 3. The molecular weight excluding hydrogens is 300 g/mol. The first-order chi connectivity index (χ1) is 11.6. The lowest BCUT2D eigenvalue weighted by Crippen LogP contribution is -2.37. The SMILES string of the molecule is CC(C)c1ccccc1NC(=O)C(=O)NC1CCc2ccccc21. The van der Waals surface area contributed by atoms with Gasteiger partial charge < -0.3 is 10.6 Å². The van der Waals surface area contributed by atoms with Crippen LogP contribution in [0.4, 0.5) is 5.69 Å². The van der Waals surface area contributed by atoms with E-state index in [4.69, 9.17) is 0 Å². The monoisotopic (exact) mass is 322 g/mol. The summed E-state index contributed by atoms with van der Waals surface area (Å²) >= 11 is 0. The van der Waals surface area contributed by atoms with Gasteiger partial charge in [0.1, 0.15) is 0 Å². The van der Waals surface area contributed by atoms with Gasteiger partial charge in [-0.05, 0) is 41.5 Å². The van der Waals surface area contributed by atoms with Crippen LogP contribution in [0.15, 0.2) is 48.5 Å². The van der Waals surface area contributed by atoms with Crippen LogP contribution >= 0.6 is 0 Å². The Balaban J connectivity index is 1.68. The molecule has 0 heterocycles. The fraction of sp³-hybridized carbons (Fsp3) is 0.300. The van der Waals surface area contributed by atoms with Crippen LogP contribution in [0.1, 0.15) is 48.9 Å². The molecule has 2 amide bonds. The average Bonchev–Trinajstić information content (AvgIpc) is 2.98. The molecular formula is C20H22N2O2. The van der Waals surface area contributed by atoms with Gasteiger partial charge in [-0.25, -0.2) is 0 Å². The van der Waals surface area contributed by atoms with Crippen molar-refractivity contribution in [2.45, 2.75) is 38.6 Å². The first-order valence-electron chi connectivity index (χ1n) is 8.35. The van der Waals surface area contributed by atoms with Crippen molar-refractivity contribution in [3.8, 4) is 0 Å². The van der Waals surface area contributed by atoms with Gasteiger partial charge in [-0.2, -0.15) is 0 Å². The van der Waals surface area contributed by atoms with Crippen LogP contribution in [0.2, 0.25) is 0 Å². The normalized spacial score (nSPS) is 15.9. The number of hydrogen-bond donors (Lipinski definition) is 2. The number of fused-ring (bicyclic) bond motifs is 1. The van der Waals surface area contributed by atoms with E-state index in [-0.39, 0.29) is 12.0 Å². The number of anilines is 1. The first-order valence-corrected chi connectivity index (χ1v) is 8.35. The fourth-order valence-corrected chi connectivity index (χ4v) is 3.22. The summed E-state index contributed by atoms with van der Waals surface area (Å²) in [4.78, 5) is 24.5. The van der Waals surface area contributed by atoms with E-state index in [2.05, 4.69) is 30.5 Å². The van der Waals surface area contributed by atoms with Gasteiger partial charge >= 0.3 is 11.8 Å². The minimum Gasteiger partial charge on any atom is -0.341 e. The highest BCUT2D eigenvalue weighted by molar-refractivity contribution is 6.39. The van der Waals surface area contributed by atoms with Gasteiger partial charge in [-0.3, -0.25) is 9.59 Å². The Hall–Kier alpha value is -2.62. The van der Waals surface area contributed by atoms with E-state index in [1.165, 1.54) is 5.56 Å². The highest BCUT2D eigenvalue weighted by Crippen LogP contribution is 2.30. The van der Waals surface area contributed by atoms with Gasteiger partial charge in [0.15, 0.2) is 0 Å². The number of para-hydroxylation sites is 1. The Morgan fingerprint density at radius 3 is 2.50 bits per heavy atom. The van der Waals surface area contributed by atoms with Crippen molar-refractivity contribution in [2.75, 3.05) is 5.32 Å². The molecule has 0 aromatic heterocycles. The second-order valence-electron chi connectivity index (χ2n) is 6.46. The van der Waals surface area contributed by atoms with E-state index < -0.39 is 11.8 Å². The molecule has 0 aliphatic heterocycles. The van der Waals surface area contributed by atoms with Crippen LogP contribution < -0.4 is 10.6 Å². The lowest BCUT2D eigenvalue weighted by Gasteiger charge is -2.16. The zero-order valence-corrected chi connectivity index (χ0v) is 14.0. The maximum atomic E-state index is 12.3. The summed E-state index contributed by atoms with van der Waals surface area (Å²) in [6, 6.07) is 15.5. The molecule has 0 radical (unpaired) electrons. The van der Waals surface area contributed by atoms with Gasteiger partial charge in [-0.15, -0.1) is 0 Å². The molecule has 4 heteroatoms. The van der Waals surface area contributed by atoms with Crippen LogP contribution in [0, 0.1) is 0 Å². The van der Waals surface area contributed by atoms with E-state index in [1.54, 1.807) is 0 Å². The van der Waals surface area contributed by atoms with Crippen molar-refractivity contribution >= 4 is 17.5 Å². The Labute approximate surface area is 142 Å². The lowest BCUT2D eigenvalue weighted by atomic mass is 10.0. The second kappa shape index (κ2) is 6.87. The molecule has 4 nitrogen and oxygen atoms in total. The van der Waals surface area contributed by atoms with Gasteiger partial charge in [0.05, 0.1) is 6.04 Å². The van der Waals surface area contributed by atoms with Crippen LogP contribution in [-0.4, -0.2) is 11.8 Å². The Bertz CT molecular complexity index is 768. The van der Waals surface area contributed by atoms with Crippen molar-refractivity contribution in [3.63, 3.8) is 0 Å². The Morgan fingerprint density at radius 1 is 1.00 bits per heavy atom. The molecule has 1 aliphatic rings. The van der Waals surface area contributed by atoms with Gasteiger partial charge in [0.25, 0.3) is 0 Å². The third-order valence-corrected chi connectivity index (χ3v) is 4.48. The van der Waals surface area contributed by atoms with Crippen LogP contribution in [-0.2, 0) is 16.0 Å². The molecule has 0 fully saturated rings. The number of amides is 2. The van der Waals surface area contributed by atoms with E-state index in [9.17, 15) is 9.59 Å². The zero-order valence-electron chi connectivity index (χ0n) is 14.0. The quantitative estimate of drug-likeness (QED) is 0.849. The zero-order chi connectivity index (χ0) is 17.1. The molecule has 3 rings (SSSR count). The van der Waals surface area contributed by atoms with Crippen molar-refractivity contribution < 1.29 is 9.59 Å². The highest BCUT2D eigenvalue weighted by atomic mass is 16.2. The predicted molar refractivity (Wildman–Crippen MR) is 94.8 cm³/mol. The maximum Gasteiger partial charge on any atom is 0.313 e. The summed E-state index contributed by atoms with van der Waals surface area (Å²) < 4.78 is 0. The summed E-state index contributed by atoms with van der Waals surface area (Å²) in [5.41, 5.74) is 4.07. The number of benzene rings is 2. The number of carbonyl (C=O) groups is 2. The number of hydrogen-bond acceptors (Lipinski definition) is 2. The standard InChI is InChI=1S/C20H22N2O2/c1-13(2)15-8-5-6-10-17(15)21-19(23)20(24)22-18-12-11-14-7-3-4-9-16(14)18/h3-10,13,18H,11-12H2,1-2H3,(H,21,23)(H,22,24). The molecule has 0 spiro atoms. The molecule has 1 atom stereocenters. The summed E-state index contributed by atoms with van der Waals surface area (Å²) in [6.45, 7) is 4.11. The van der Waals surface area contributed by atoms with E-state index in [0.29, 0.717) is 5.69 Å². The minimum atomic E-state index is -0.618. The number of aryl methyl sites for hydroxylation is 1. The first kappa shape index (κ1) is 16.2. The van der Waals surface area contributed by atoms with E-state index in [0.717, 1.165) is 24.0 Å². The van der Waals surface area contributed by atoms with Crippen molar-refractivity contribution in [2.24, 2.45) is 0 Å². The van der Waals surface area contributed by atoms with Gasteiger partial charge in [0, 0.05) is 5.69 Å². The molecule has 2 N–H and O–H groups in total. The average molecular weight is 322 g/mol. The topological polar surface area (TPSA) is 58.2 Å². The third kappa shape index (κ3) is 3.32. The third-order valence-electron chi connectivity index (χ3n) is 4.48. The van der Waals surface area contributed by atoms with Crippen LogP contribution in [0.3, 0.4) is 0 Å². The largest absolute Gasteiger partial charge is 0.341 e. The fourth-order valence-electron chi connectivity index (χ4n) is 3.22. The molecule has 2 aromatic rings. The molecule has 0 saturated carbocycles. The Morgan fingerprint density at radius 2 is 1.71 bits per heavy atom. The summed E-state index contributed by atoms with van der Waals surface area (Å²) in [5.74, 6) is -0.936. The summed E-state index contributed by atoms with van der Waals surface area (Å²) in [5, 5.41) is 5.59. The molecule has 24 heavy (non-hydrogen) atoms. The van der Waals surface area contributed by atoms with Gasteiger partial charge in [-0.1, -0.05) is 56.3 Å². The number of carbonyl (C=O) groups excluding carboxylic acids is 2. The van der Waals surface area contributed by atoms with Crippen molar-refractivity contribution in [1.29, 1.82) is 0 Å². The smallest absolute Gasteiger partial charge is 0.313 e. The second-order valence-corrected chi connectivity index (χ2v) is 6.46. The van der Waals surface area contributed by atoms with E-state index >= 15 is 0 Å². The van der Waals surface area contributed by atoms with E-state index in [1.807, 2.05) is 42.5 Å². The van der Waals surface area contributed by atoms with Crippen LogP contribution in [0.25, 0.3) is 0 Å². The maximum absolute atomic E-state index is 12.3. The predicted octanol–water partition coefficient (Wildman–Crippen LogP) is 3.55. The molecule has 1 aliphatic carbocycles. The summed E-state index contributed by atoms with van der Waals surface area (Å²) in [7, 11) is 0. The van der Waals surface area contributed by atoms with Crippen LogP contribution in [0.5, 0.6) is 0 Å². The highest BCUT2D eigenvalue weighted by Gasteiger charge is 2.26. The van der Waals surface area contributed by atoms with Crippen molar-refractivity contribution in [3.05, 3.63) is 65.2 Å². The van der Waals surface area contributed by atoms with Crippen molar-refractivity contribution in [1.82, 2.24) is 5.32 Å². The Kier molecular flexibility index (Phi) is 4.65. The molecule has 2 aromatic carbocycles.